The molecular formula is C23H22BrClN2O5S. The van der Waals surface area contributed by atoms with Crippen molar-refractivity contribution in [1.29, 1.82) is 0 Å². The van der Waals surface area contributed by atoms with Crippen molar-refractivity contribution in [3.63, 3.8) is 0 Å². The predicted molar refractivity (Wildman–Crippen MR) is 131 cm³/mol. The third kappa shape index (κ3) is 6.86. The molecular weight excluding hydrogens is 532 g/mol. The zero-order chi connectivity index (χ0) is 24.0. The number of anilines is 1. The minimum absolute atomic E-state index is 0.0366. The number of amides is 1. The van der Waals surface area contributed by atoms with E-state index in [2.05, 4.69) is 26.0 Å². The molecule has 3 rings (SSSR count). The van der Waals surface area contributed by atoms with Gasteiger partial charge < -0.3 is 14.8 Å². The maximum atomic E-state index is 12.6. The Balaban J connectivity index is 1.57. The van der Waals surface area contributed by atoms with E-state index in [0.717, 1.165) is 10.0 Å². The molecule has 0 saturated heterocycles. The van der Waals surface area contributed by atoms with Gasteiger partial charge in [-0.1, -0.05) is 39.7 Å². The molecule has 10 heteroatoms. The highest BCUT2D eigenvalue weighted by atomic mass is 79.9. The van der Waals surface area contributed by atoms with Crippen LogP contribution in [0.1, 0.15) is 18.5 Å². The van der Waals surface area contributed by atoms with Crippen molar-refractivity contribution in [1.82, 2.24) is 5.32 Å². The molecule has 0 fully saturated rings. The average Bonchev–Trinajstić information content (AvgIpc) is 2.78. The summed E-state index contributed by atoms with van der Waals surface area (Å²) in [6, 6.07) is 17.8. The molecule has 33 heavy (non-hydrogen) atoms. The molecule has 1 atom stereocenters. The van der Waals surface area contributed by atoms with Crippen LogP contribution in [0.4, 0.5) is 5.69 Å². The van der Waals surface area contributed by atoms with Crippen molar-refractivity contribution >= 4 is 49.1 Å². The van der Waals surface area contributed by atoms with Gasteiger partial charge >= 0.3 is 0 Å². The number of hydrogen-bond acceptors (Lipinski definition) is 5. The summed E-state index contributed by atoms with van der Waals surface area (Å²) < 4.78 is 39.2. The highest BCUT2D eigenvalue weighted by Gasteiger charge is 2.16. The fraction of sp³-hybridized carbons (Fsp3) is 0.174. The first-order valence-electron chi connectivity index (χ1n) is 9.82. The molecule has 0 aliphatic heterocycles. The monoisotopic (exact) mass is 552 g/mol. The number of rotatable bonds is 9. The summed E-state index contributed by atoms with van der Waals surface area (Å²) in [6.07, 6.45) is 0. The van der Waals surface area contributed by atoms with Gasteiger partial charge in [0.2, 0.25) is 0 Å². The smallest absolute Gasteiger partial charge is 0.261 e. The molecule has 0 radical (unpaired) electrons. The Morgan fingerprint density at radius 1 is 1.09 bits per heavy atom. The molecule has 1 unspecified atom stereocenters. The van der Waals surface area contributed by atoms with Gasteiger partial charge in [-0.3, -0.25) is 9.52 Å². The zero-order valence-electron chi connectivity index (χ0n) is 17.8. The van der Waals surface area contributed by atoms with Gasteiger partial charge in [0.15, 0.2) is 6.61 Å². The van der Waals surface area contributed by atoms with Gasteiger partial charge in [-0.25, -0.2) is 8.42 Å². The van der Waals surface area contributed by atoms with E-state index >= 15 is 0 Å². The number of hydrogen-bond donors (Lipinski definition) is 2. The molecule has 3 aromatic rings. The van der Waals surface area contributed by atoms with Crippen LogP contribution in [0.15, 0.2) is 76.1 Å². The Bertz CT molecular complexity index is 1240. The van der Waals surface area contributed by atoms with Crippen LogP contribution < -0.4 is 19.5 Å². The van der Waals surface area contributed by atoms with Gasteiger partial charge in [0.05, 0.1) is 28.8 Å². The highest BCUT2D eigenvalue weighted by Crippen LogP contribution is 2.28. The molecule has 0 saturated carbocycles. The van der Waals surface area contributed by atoms with Crippen molar-refractivity contribution in [2.45, 2.75) is 17.9 Å². The molecule has 174 valence electrons. The van der Waals surface area contributed by atoms with E-state index < -0.39 is 10.0 Å². The Morgan fingerprint density at radius 2 is 1.82 bits per heavy atom. The molecule has 0 bridgehead atoms. The molecule has 1 amide bonds. The zero-order valence-corrected chi connectivity index (χ0v) is 21.0. The van der Waals surface area contributed by atoms with Crippen LogP contribution in [-0.2, 0) is 14.8 Å². The normalized spacial score (nSPS) is 12.0. The quantitative estimate of drug-likeness (QED) is 0.381. The van der Waals surface area contributed by atoms with Crippen molar-refractivity contribution in [3.8, 4) is 11.5 Å². The second kappa shape index (κ2) is 10.9. The SMILES string of the molecule is COc1ccc(NS(=O)(=O)c2ccc(OCC(=O)NC(C)c3cccc(Br)c3)cc2)cc1Cl. The molecule has 7 nitrogen and oxygen atoms in total. The predicted octanol–water partition coefficient (Wildman–Crippen LogP) is 5.17. The van der Waals surface area contributed by atoms with E-state index in [1.54, 1.807) is 12.1 Å². The second-order valence-corrected chi connectivity index (χ2v) is 10.1. The van der Waals surface area contributed by atoms with Crippen LogP contribution in [0.3, 0.4) is 0 Å². The van der Waals surface area contributed by atoms with Gasteiger partial charge in [-0.05, 0) is 67.1 Å². The number of benzene rings is 3. The lowest BCUT2D eigenvalue weighted by atomic mass is 10.1. The second-order valence-electron chi connectivity index (χ2n) is 7.06. The largest absolute Gasteiger partial charge is 0.495 e. The summed E-state index contributed by atoms with van der Waals surface area (Å²) in [5, 5.41) is 3.14. The number of sulfonamides is 1. The van der Waals surface area contributed by atoms with E-state index in [1.807, 2.05) is 31.2 Å². The minimum atomic E-state index is -3.84. The Morgan fingerprint density at radius 3 is 2.45 bits per heavy atom. The number of halogens is 2. The highest BCUT2D eigenvalue weighted by molar-refractivity contribution is 9.10. The first kappa shape index (κ1) is 24.9. The van der Waals surface area contributed by atoms with E-state index in [4.69, 9.17) is 21.1 Å². The summed E-state index contributed by atoms with van der Waals surface area (Å²) in [7, 11) is -2.36. The van der Waals surface area contributed by atoms with Crippen molar-refractivity contribution in [3.05, 3.63) is 81.8 Å². The molecule has 0 aliphatic carbocycles. The topological polar surface area (TPSA) is 93.7 Å². The summed E-state index contributed by atoms with van der Waals surface area (Å²) in [4.78, 5) is 12.3. The molecule has 0 heterocycles. The fourth-order valence-corrected chi connectivity index (χ4v) is 4.67. The summed E-state index contributed by atoms with van der Waals surface area (Å²) >= 11 is 9.46. The molecule has 3 aromatic carbocycles. The van der Waals surface area contributed by atoms with Crippen LogP contribution in [0, 0.1) is 0 Å². The number of carbonyl (C=O) groups excluding carboxylic acids is 1. The average molecular weight is 554 g/mol. The van der Waals surface area contributed by atoms with E-state index in [1.165, 1.54) is 37.4 Å². The third-order valence-corrected chi connectivity index (χ3v) is 6.82. The van der Waals surface area contributed by atoms with Crippen molar-refractivity contribution in [2.24, 2.45) is 0 Å². The van der Waals surface area contributed by atoms with Gasteiger partial charge in [-0.15, -0.1) is 0 Å². The van der Waals surface area contributed by atoms with Crippen molar-refractivity contribution in [2.75, 3.05) is 18.4 Å². The standard InChI is InChI=1S/C23H22BrClN2O5S/c1-15(16-4-3-5-17(24)12-16)26-23(28)14-32-19-7-9-20(10-8-19)33(29,30)27-18-6-11-22(31-2)21(25)13-18/h3-13,15,27H,14H2,1-2H3,(H,26,28). The molecule has 0 spiro atoms. The van der Waals surface area contributed by atoms with Crippen LogP contribution in [-0.4, -0.2) is 28.0 Å². The van der Waals surface area contributed by atoms with E-state index in [0.29, 0.717) is 17.2 Å². The van der Waals surface area contributed by atoms with Crippen molar-refractivity contribution < 1.29 is 22.7 Å². The first-order valence-corrected chi connectivity index (χ1v) is 12.5. The van der Waals surface area contributed by atoms with Crippen LogP contribution >= 0.6 is 27.5 Å². The van der Waals surface area contributed by atoms with E-state index in [-0.39, 0.29) is 28.5 Å². The fourth-order valence-electron chi connectivity index (χ4n) is 2.95. The van der Waals surface area contributed by atoms with Crippen LogP contribution in [0.25, 0.3) is 0 Å². The number of ether oxygens (including phenoxy) is 2. The Labute approximate surface area is 206 Å². The van der Waals surface area contributed by atoms with Gasteiger partial charge in [0, 0.05) is 4.47 Å². The maximum Gasteiger partial charge on any atom is 0.261 e. The number of methoxy groups -OCH3 is 1. The van der Waals surface area contributed by atoms with Crippen LogP contribution in [0.2, 0.25) is 5.02 Å². The summed E-state index contributed by atoms with van der Waals surface area (Å²) in [5.74, 6) is 0.514. The molecule has 2 N–H and O–H groups in total. The Hall–Kier alpha value is -2.75. The van der Waals surface area contributed by atoms with Gasteiger partial charge in [0.1, 0.15) is 11.5 Å². The lowest BCUT2D eigenvalue weighted by molar-refractivity contribution is -0.123. The molecule has 0 aliphatic rings. The van der Waals surface area contributed by atoms with Crippen LogP contribution in [0.5, 0.6) is 11.5 Å². The number of carbonyl (C=O) groups is 1. The Kier molecular flexibility index (Phi) is 8.23. The maximum absolute atomic E-state index is 12.6. The van der Waals surface area contributed by atoms with Gasteiger partial charge in [0.25, 0.3) is 15.9 Å². The van der Waals surface area contributed by atoms with Gasteiger partial charge in [-0.2, -0.15) is 0 Å². The summed E-state index contributed by atoms with van der Waals surface area (Å²) in [5.41, 5.74) is 1.26. The lowest BCUT2D eigenvalue weighted by Gasteiger charge is -2.15. The summed E-state index contributed by atoms with van der Waals surface area (Å²) in [6.45, 7) is 1.68. The minimum Gasteiger partial charge on any atom is -0.495 e. The first-order chi connectivity index (χ1) is 15.7. The third-order valence-electron chi connectivity index (χ3n) is 4.63. The van der Waals surface area contributed by atoms with E-state index in [9.17, 15) is 13.2 Å². The molecule has 0 aromatic heterocycles. The lowest BCUT2D eigenvalue weighted by Crippen LogP contribution is -2.31. The number of nitrogens with one attached hydrogen (secondary N) is 2.